The van der Waals surface area contributed by atoms with E-state index in [0.29, 0.717) is 11.3 Å². The predicted octanol–water partition coefficient (Wildman–Crippen LogP) is 4.88. The van der Waals surface area contributed by atoms with Crippen molar-refractivity contribution in [1.29, 1.82) is 0 Å². The number of alkyl halides is 3. The van der Waals surface area contributed by atoms with E-state index in [1.807, 2.05) is 0 Å². The van der Waals surface area contributed by atoms with Gasteiger partial charge in [-0.1, -0.05) is 30.4 Å². The van der Waals surface area contributed by atoms with Crippen molar-refractivity contribution in [3.63, 3.8) is 0 Å². The molecule has 188 valence electrons. The Morgan fingerprint density at radius 3 is 2.36 bits per heavy atom. The topological polar surface area (TPSA) is 75.7 Å². The molecule has 0 aliphatic carbocycles. The molecular formula is C25H20F4N2O4S. The number of amides is 1. The van der Waals surface area contributed by atoms with Gasteiger partial charge in [-0.25, -0.2) is 12.8 Å². The molecule has 1 aliphatic heterocycles. The van der Waals surface area contributed by atoms with Gasteiger partial charge in [-0.15, -0.1) is 0 Å². The molecule has 1 N–H and O–H groups in total. The number of hydrogen-bond donors (Lipinski definition) is 1. The lowest BCUT2D eigenvalue weighted by Gasteiger charge is -2.23. The molecular weight excluding hydrogens is 500 g/mol. The Labute approximate surface area is 204 Å². The molecule has 1 amide bonds. The molecule has 1 aliphatic rings. The van der Waals surface area contributed by atoms with Gasteiger partial charge < -0.3 is 10.1 Å². The maximum atomic E-state index is 13.2. The van der Waals surface area contributed by atoms with Crippen LogP contribution in [-0.2, 0) is 27.5 Å². The van der Waals surface area contributed by atoms with Gasteiger partial charge in [0.1, 0.15) is 23.4 Å². The van der Waals surface area contributed by atoms with Crippen LogP contribution in [0.15, 0.2) is 89.8 Å². The summed E-state index contributed by atoms with van der Waals surface area (Å²) in [5.41, 5.74) is -0.162. The molecule has 0 spiro atoms. The van der Waals surface area contributed by atoms with Crippen molar-refractivity contribution in [2.45, 2.75) is 23.7 Å². The smallest absolute Gasteiger partial charge is 0.416 e. The van der Waals surface area contributed by atoms with Crippen LogP contribution in [0.2, 0.25) is 0 Å². The van der Waals surface area contributed by atoms with Crippen LogP contribution in [0.1, 0.15) is 11.1 Å². The largest absolute Gasteiger partial charge is 0.457 e. The molecule has 1 atom stereocenters. The Kier molecular flexibility index (Phi) is 7.14. The molecule has 0 aromatic heterocycles. The summed E-state index contributed by atoms with van der Waals surface area (Å²) in [4.78, 5) is 12.6. The first kappa shape index (κ1) is 25.4. The highest BCUT2D eigenvalue weighted by Crippen LogP contribution is 2.32. The summed E-state index contributed by atoms with van der Waals surface area (Å²) in [6, 6.07) is 14.1. The van der Waals surface area contributed by atoms with E-state index in [1.54, 1.807) is 30.3 Å². The predicted molar refractivity (Wildman–Crippen MR) is 123 cm³/mol. The molecule has 0 bridgehead atoms. The van der Waals surface area contributed by atoms with Gasteiger partial charge in [-0.3, -0.25) is 4.79 Å². The third-order valence-electron chi connectivity index (χ3n) is 5.39. The zero-order valence-electron chi connectivity index (χ0n) is 18.6. The first-order valence-corrected chi connectivity index (χ1v) is 12.1. The molecule has 6 nitrogen and oxygen atoms in total. The second kappa shape index (κ2) is 10.1. The minimum absolute atomic E-state index is 0.000624. The molecule has 0 radical (unpaired) electrons. The molecule has 0 saturated carbocycles. The third kappa shape index (κ3) is 5.74. The van der Waals surface area contributed by atoms with Crippen molar-refractivity contribution < 1.29 is 35.5 Å². The van der Waals surface area contributed by atoms with Crippen LogP contribution in [0, 0.1) is 5.82 Å². The van der Waals surface area contributed by atoms with E-state index in [-0.39, 0.29) is 23.7 Å². The van der Waals surface area contributed by atoms with E-state index in [1.165, 1.54) is 18.2 Å². The average Bonchev–Trinajstić information content (AvgIpc) is 3.35. The van der Waals surface area contributed by atoms with Gasteiger partial charge in [0, 0.05) is 13.1 Å². The summed E-state index contributed by atoms with van der Waals surface area (Å²) in [5.74, 6) is -0.784. The van der Waals surface area contributed by atoms with E-state index in [9.17, 15) is 30.8 Å². The van der Waals surface area contributed by atoms with Gasteiger partial charge in [0.25, 0.3) is 0 Å². The van der Waals surface area contributed by atoms with Gasteiger partial charge >= 0.3 is 6.18 Å². The number of rotatable bonds is 7. The fourth-order valence-electron chi connectivity index (χ4n) is 3.55. The Morgan fingerprint density at radius 2 is 1.69 bits per heavy atom. The number of nitrogens with zero attached hydrogens (tertiary/aromatic N) is 1. The summed E-state index contributed by atoms with van der Waals surface area (Å²) >= 11 is 0. The normalized spacial score (nSPS) is 16.2. The van der Waals surface area contributed by atoms with Gasteiger partial charge in [0.05, 0.1) is 10.5 Å². The lowest BCUT2D eigenvalue weighted by Crippen LogP contribution is -2.45. The Hall–Kier alpha value is -3.70. The van der Waals surface area contributed by atoms with E-state index < -0.39 is 39.5 Å². The quantitative estimate of drug-likeness (QED) is 0.356. The SMILES string of the molecule is O=C(NCc1ccc(Oc2cccc(C(F)(F)F)c2)cc1)[C@@H]1C=CCN1S(=O)(=O)c1ccc(F)cc1. The van der Waals surface area contributed by atoms with E-state index in [2.05, 4.69) is 5.32 Å². The van der Waals surface area contributed by atoms with E-state index in [0.717, 1.165) is 40.7 Å². The fourth-order valence-corrected chi connectivity index (χ4v) is 5.05. The van der Waals surface area contributed by atoms with Crippen LogP contribution in [-0.4, -0.2) is 31.2 Å². The average molecular weight is 521 g/mol. The Morgan fingerprint density at radius 1 is 1.00 bits per heavy atom. The minimum atomic E-state index is -4.48. The third-order valence-corrected chi connectivity index (χ3v) is 7.25. The summed E-state index contributed by atoms with van der Waals surface area (Å²) in [7, 11) is -4.02. The molecule has 4 rings (SSSR count). The summed E-state index contributed by atoms with van der Waals surface area (Å²) < 4.78 is 84.1. The summed E-state index contributed by atoms with van der Waals surface area (Å²) in [6.07, 6.45) is -1.45. The second-order valence-corrected chi connectivity index (χ2v) is 9.78. The zero-order valence-corrected chi connectivity index (χ0v) is 19.4. The van der Waals surface area contributed by atoms with Crippen molar-refractivity contribution in [1.82, 2.24) is 9.62 Å². The van der Waals surface area contributed by atoms with Crippen LogP contribution in [0.25, 0.3) is 0 Å². The van der Waals surface area contributed by atoms with Crippen LogP contribution in [0.3, 0.4) is 0 Å². The van der Waals surface area contributed by atoms with Crippen molar-refractivity contribution in [2.75, 3.05) is 6.54 Å². The van der Waals surface area contributed by atoms with Crippen LogP contribution in [0.4, 0.5) is 17.6 Å². The lowest BCUT2D eigenvalue weighted by molar-refractivity contribution is -0.137. The summed E-state index contributed by atoms with van der Waals surface area (Å²) in [6.45, 7) is 0.0802. The number of nitrogens with one attached hydrogen (secondary N) is 1. The number of carbonyl (C=O) groups excluding carboxylic acids is 1. The lowest BCUT2D eigenvalue weighted by atomic mass is 10.2. The highest BCUT2D eigenvalue weighted by molar-refractivity contribution is 7.89. The second-order valence-electron chi connectivity index (χ2n) is 7.89. The molecule has 11 heteroatoms. The molecule has 0 fully saturated rings. The highest BCUT2D eigenvalue weighted by atomic mass is 32.2. The molecule has 1 heterocycles. The Balaban J connectivity index is 1.37. The van der Waals surface area contributed by atoms with Crippen LogP contribution >= 0.6 is 0 Å². The highest BCUT2D eigenvalue weighted by Gasteiger charge is 2.36. The van der Waals surface area contributed by atoms with Gasteiger partial charge in [0.2, 0.25) is 15.9 Å². The number of carbonyl (C=O) groups is 1. The van der Waals surface area contributed by atoms with Crippen LogP contribution < -0.4 is 10.1 Å². The maximum absolute atomic E-state index is 13.2. The standard InChI is InChI=1S/C25H20F4N2O4S/c26-19-8-12-22(13-9-19)36(33,34)31-14-2-5-23(31)24(32)30-16-17-6-10-20(11-7-17)35-21-4-1-3-18(15-21)25(27,28)29/h1-13,15,23H,14,16H2,(H,30,32)/t23-/m0/s1. The first-order valence-electron chi connectivity index (χ1n) is 10.7. The first-order chi connectivity index (χ1) is 17.0. The maximum Gasteiger partial charge on any atom is 0.416 e. The van der Waals surface area contributed by atoms with Crippen molar-refractivity contribution in [2.24, 2.45) is 0 Å². The minimum Gasteiger partial charge on any atom is -0.457 e. The number of benzene rings is 3. The van der Waals surface area contributed by atoms with Gasteiger partial charge in [-0.2, -0.15) is 17.5 Å². The van der Waals surface area contributed by atoms with Crippen molar-refractivity contribution in [3.05, 3.63) is 102 Å². The monoisotopic (exact) mass is 520 g/mol. The number of hydrogen-bond acceptors (Lipinski definition) is 4. The van der Waals surface area contributed by atoms with Gasteiger partial charge in [0.15, 0.2) is 0 Å². The molecule has 3 aromatic carbocycles. The van der Waals surface area contributed by atoms with E-state index >= 15 is 0 Å². The van der Waals surface area contributed by atoms with Gasteiger partial charge in [-0.05, 0) is 60.2 Å². The molecule has 3 aromatic rings. The number of halogens is 4. The van der Waals surface area contributed by atoms with E-state index in [4.69, 9.17) is 4.74 Å². The van der Waals surface area contributed by atoms with Crippen molar-refractivity contribution in [3.8, 4) is 11.5 Å². The molecule has 36 heavy (non-hydrogen) atoms. The summed E-state index contributed by atoms with van der Waals surface area (Å²) in [5, 5.41) is 2.67. The number of ether oxygens (including phenoxy) is 1. The number of sulfonamides is 1. The Bertz CT molecular complexity index is 1370. The fraction of sp³-hybridized carbons (Fsp3) is 0.160. The van der Waals surface area contributed by atoms with Crippen LogP contribution in [0.5, 0.6) is 11.5 Å². The van der Waals surface area contributed by atoms with Crippen molar-refractivity contribution >= 4 is 15.9 Å². The molecule has 0 unspecified atom stereocenters. The zero-order chi connectivity index (χ0) is 25.9. The molecule has 0 saturated heterocycles.